The Morgan fingerprint density at radius 3 is 2.73 bits per heavy atom. The number of primary amides is 1. The fourth-order valence-corrected chi connectivity index (χ4v) is 1.64. The lowest BCUT2D eigenvalue weighted by molar-refractivity contribution is 0.0996. The molecule has 2 aromatic rings. The second kappa shape index (κ2) is 3.47. The van der Waals surface area contributed by atoms with Crippen molar-refractivity contribution in [2.75, 3.05) is 5.73 Å². The zero-order chi connectivity index (χ0) is 11.0. The predicted molar refractivity (Wildman–Crippen MR) is 60.2 cm³/mol. The highest BCUT2D eigenvalue weighted by atomic mass is 79.9. The molecule has 6 heteroatoms. The van der Waals surface area contributed by atoms with Crippen LogP contribution in [0.5, 0.6) is 0 Å². The number of amides is 1. The van der Waals surface area contributed by atoms with Crippen molar-refractivity contribution in [2.24, 2.45) is 5.73 Å². The summed E-state index contributed by atoms with van der Waals surface area (Å²) in [5.41, 5.74) is 11.8. The lowest BCUT2D eigenvalue weighted by atomic mass is 10.1. The second-order valence-electron chi connectivity index (χ2n) is 2.99. The smallest absolute Gasteiger partial charge is 0.271 e. The molecule has 0 atom stereocenters. The van der Waals surface area contributed by atoms with E-state index < -0.39 is 5.91 Å². The van der Waals surface area contributed by atoms with Gasteiger partial charge in [-0.3, -0.25) is 4.79 Å². The molecular formula is C9H7BrN4O. The maximum absolute atomic E-state index is 11.0. The molecule has 0 aliphatic rings. The summed E-state index contributed by atoms with van der Waals surface area (Å²) in [6.07, 6.45) is 0. The first-order chi connectivity index (χ1) is 7.09. The highest BCUT2D eigenvalue weighted by Crippen LogP contribution is 2.24. The number of hydrogen-bond acceptors (Lipinski definition) is 4. The molecule has 0 saturated carbocycles. The zero-order valence-corrected chi connectivity index (χ0v) is 9.15. The van der Waals surface area contributed by atoms with Gasteiger partial charge in [-0.15, -0.1) is 10.2 Å². The first kappa shape index (κ1) is 9.85. The molecule has 1 aromatic heterocycles. The van der Waals surface area contributed by atoms with Crippen LogP contribution in [0.3, 0.4) is 0 Å². The minimum absolute atomic E-state index is 0.000556. The molecule has 0 spiro atoms. The lowest BCUT2D eigenvalue weighted by Gasteiger charge is -2.04. The highest BCUT2D eigenvalue weighted by molar-refractivity contribution is 9.10. The van der Waals surface area contributed by atoms with Crippen LogP contribution in [-0.4, -0.2) is 16.1 Å². The quantitative estimate of drug-likeness (QED) is 0.807. The molecule has 4 N–H and O–H groups in total. The number of aromatic nitrogens is 2. The third kappa shape index (κ3) is 1.63. The molecule has 0 fully saturated rings. The molecule has 76 valence electrons. The van der Waals surface area contributed by atoms with E-state index in [9.17, 15) is 4.79 Å². The van der Waals surface area contributed by atoms with Crippen molar-refractivity contribution in [2.45, 2.75) is 0 Å². The standard InChI is InChI=1S/C9H7BrN4O/c10-4-1-2-6-5(3-4)7(11)8(9(12)15)14-13-6/h1-3H,(H2,11,13)(H2,12,15). The number of halogens is 1. The summed E-state index contributed by atoms with van der Waals surface area (Å²) in [7, 11) is 0. The van der Waals surface area contributed by atoms with Gasteiger partial charge in [0.2, 0.25) is 0 Å². The van der Waals surface area contributed by atoms with E-state index in [1.165, 1.54) is 0 Å². The van der Waals surface area contributed by atoms with Gasteiger partial charge in [0.05, 0.1) is 11.2 Å². The van der Waals surface area contributed by atoms with E-state index in [1.807, 2.05) is 6.07 Å². The number of carbonyl (C=O) groups excluding carboxylic acids is 1. The summed E-state index contributed by atoms with van der Waals surface area (Å²) in [5, 5.41) is 8.18. The van der Waals surface area contributed by atoms with Gasteiger partial charge in [0, 0.05) is 9.86 Å². The molecule has 0 aliphatic heterocycles. The van der Waals surface area contributed by atoms with Crippen LogP contribution in [0.2, 0.25) is 0 Å². The molecule has 0 bridgehead atoms. The van der Waals surface area contributed by atoms with Crippen molar-refractivity contribution >= 4 is 38.4 Å². The highest BCUT2D eigenvalue weighted by Gasteiger charge is 2.12. The zero-order valence-electron chi connectivity index (χ0n) is 7.57. The van der Waals surface area contributed by atoms with Crippen LogP contribution >= 0.6 is 15.9 Å². The summed E-state index contributed by atoms with van der Waals surface area (Å²) in [4.78, 5) is 11.0. The van der Waals surface area contributed by atoms with Crippen LogP contribution in [-0.2, 0) is 0 Å². The number of nitrogens with zero attached hydrogens (tertiary/aromatic N) is 2. The Hall–Kier alpha value is -1.69. The van der Waals surface area contributed by atoms with Gasteiger partial charge in [0.25, 0.3) is 5.91 Å². The van der Waals surface area contributed by atoms with Crippen LogP contribution in [0.25, 0.3) is 10.9 Å². The number of fused-ring (bicyclic) bond motifs is 1. The molecule has 0 unspecified atom stereocenters. The summed E-state index contributed by atoms with van der Waals surface area (Å²) < 4.78 is 0.852. The Bertz CT molecular complexity index is 555. The molecule has 2 rings (SSSR count). The number of benzene rings is 1. The Morgan fingerprint density at radius 1 is 1.33 bits per heavy atom. The molecule has 0 radical (unpaired) electrons. The summed E-state index contributed by atoms with van der Waals surface area (Å²) in [6, 6.07) is 5.35. The topological polar surface area (TPSA) is 94.9 Å². The number of nitrogen functional groups attached to an aromatic ring is 1. The van der Waals surface area contributed by atoms with Crippen LogP contribution in [0.15, 0.2) is 22.7 Å². The Balaban J connectivity index is 2.82. The molecule has 1 aromatic carbocycles. The maximum atomic E-state index is 11.0. The third-order valence-corrected chi connectivity index (χ3v) is 2.49. The number of anilines is 1. The van der Waals surface area contributed by atoms with Gasteiger partial charge >= 0.3 is 0 Å². The Morgan fingerprint density at radius 2 is 2.07 bits per heavy atom. The average Bonchev–Trinajstić information content (AvgIpc) is 2.19. The van der Waals surface area contributed by atoms with Crippen LogP contribution < -0.4 is 11.5 Å². The fraction of sp³-hybridized carbons (Fsp3) is 0. The van der Waals surface area contributed by atoms with Gasteiger partial charge in [-0.1, -0.05) is 15.9 Å². The SMILES string of the molecule is NC(=O)c1nnc2ccc(Br)cc2c1N. The molecule has 5 nitrogen and oxygen atoms in total. The van der Waals surface area contributed by atoms with Crippen LogP contribution in [0, 0.1) is 0 Å². The maximum Gasteiger partial charge on any atom is 0.271 e. The van der Waals surface area contributed by atoms with Crippen LogP contribution in [0.4, 0.5) is 5.69 Å². The third-order valence-electron chi connectivity index (χ3n) is 2.00. The van der Waals surface area contributed by atoms with Crippen molar-refractivity contribution in [1.82, 2.24) is 10.2 Å². The number of carbonyl (C=O) groups is 1. The average molecular weight is 267 g/mol. The lowest BCUT2D eigenvalue weighted by Crippen LogP contribution is -2.16. The van der Waals surface area contributed by atoms with E-state index in [1.54, 1.807) is 12.1 Å². The van der Waals surface area contributed by atoms with Gasteiger partial charge < -0.3 is 11.5 Å². The minimum atomic E-state index is -0.679. The number of rotatable bonds is 1. The van der Waals surface area contributed by atoms with Crippen molar-refractivity contribution in [3.8, 4) is 0 Å². The molecular weight excluding hydrogens is 260 g/mol. The van der Waals surface area contributed by atoms with E-state index in [0.29, 0.717) is 10.9 Å². The van der Waals surface area contributed by atoms with Crippen molar-refractivity contribution < 1.29 is 4.79 Å². The van der Waals surface area contributed by atoms with Crippen molar-refractivity contribution in [3.63, 3.8) is 0 Å². The summed E-state index contributed by atoms with van der Waals surface area (Å²) >= 11 is 3.31. The molecule has 15 heavy (non-hydrogen) atoms. The normalized spacial score (nSPS) is 10.5. The summed E-state index contributed by atoms with van der Waals surface area (Å²) in [5.74, 6) is -0.679. The second-order valence-corrected chi connectivity index (χ2v) is 3.90. The molecule has 1 amide bonds. The molecule has 0 aliphatic carbocycles. The Labute approximate surface area is 93.6 Å². The number of nitrogens with two attached hydrogens (primary N) is 2. The largest absolute Gasteiger partial charge is 0.396 e. The van der Waals surface area contributed by atoms with E-state index in [0.717, 1.165) is 4.47 Å². The molecule has 0 saturated heterocycles. The van der Waals surface area contributed by atoms with Gasteiger partial charge in [-0.05, 0) is 18.2 Å². The first-order valence-corrected chi connectivity index (χ1v) is 4.90. The van der Waals surface area contributed by atoms with E-state index in [4.69, 9.17) is 11.5 Å². The number of hydrogen-bond donors (Lipinski definition) is 2. The monoisotopic (exact) mass is 266 g/mol. The van der Waals surface area contributed by atoms with E-state index in [2.05, 4.69) is 26.1 Å². The predicted octanol–water partition coefficient (Wildman–Crippen LogP) is 1.07. The van der Waals surface area contributed by atoms with E-state index >= 15 is 0 Å². The minimum Gasteiger partial charge on any atom is -0.396 e. The summed E-state index contributed by atoms with van der Waals surface area (Å²) in [6.45, 7) is 0. The fourth-order valence-electron chi connectivity index (χ4n) is 1.28. The van der Waals surface area contributed by atoms with Crippen molar-refractivity contribution in [3.05, 3.63) is 28.4 Å². The van der Waals surface area contributed by atoms with Crippen molar-refractivity contribution in [1.29, 1.82) is 0 Å². The molecule has 1 heterocycles. The van der Waals surface area contributed by atoms with Gasteiger partial charge in [-0.2, -0.15) is 0 Å². The van der Waals surface area contributed by atoms with Gasteiger partial charge in [0.15, 0.2) is 5.69 Å². The van der Waals surface area contributed by atoms with E-state index in [-0.39, 0.29) is 11.4 Å². The van der Waals surface area contributed by atoms with Gasteiger partial charge in [-0.25, -0.2) is 0 Å². The Kier molecular flexibility index (Phi) is 2.28. The van der Waals surface area contributed by atoms with Gasteiger partial charge in [0.1, 0.15) is 0 Å². The van der Waals surface area contributed by atoms with Crippen LogP contribution in [0.1, 0.15) is 10.5 Å². The first-order valence-electron chi connectivity index (χ1n) is 4.11.